The lowest BCUT2D eigenvalue weighted by molar-refractivity contribution is 1.01. The molecule has 0 aliphatic rings. The predicted molar refractivity (Wildman–Crippen MR) is 55.9 cm³/mol. The molecule has 0 atom stereocenters. The molecular weight excluding hydrogens is 146 g/mol. The van der Waals surface area contributed by atoms with Gasteiger partial charge in [0.05, 0.1) is 0 Å². The summed E-state index contributed by atoms with van der Waals surface area (Å²) in [5.41, 5.74) is 3.32. The first-order chi connectivity index (χ1) is 5.63. The molecule has 0 fully saturated rings. The molecule has 1 heteroatoms. The Morgan fingerprint density at radius 1 is 1.33 bits per heavy atom. The monoisotopic (exact) mass is 163 g/mol. The van der Waals surface area contributed by atoms with Crippen molar-refractivity contribution in [2.24, 2.45) is 0 Å². The molecule has 0 spiro atoms. The van der Waals surface area contributed by atoms with Crippen molar-refractivity contribution in [3.8, 4) is 0 Å². The summed E-state index contributed by atoms with van der Waals surface area (Å²) in [5.74, 6) is 0. The Hall–Kier alpha value is -1.24. The van der Waals surface area contributed by atoms with Crippen molar-refractivity contribution in [3.05, 3.63) is 48.2 Å². The van der Waals surface area contributed by atoms with Gasteiger partial charge in [0.1, 0.15) is 0 Å². The number of allylic oxidation sites excluding steroid dienone is 4. The first-order valence-electron chi connectivity index (χ1n) is 3.97. The van der Waals surface area contributed by atoms with Crippen molar-refractivity contribution >= 4 is 0 Å². The van der Waals surface area contributed by atoms with Crippen LogP contribution >= 0.6 is 0 Å². The summed E-state index contributed by atoms with van der Waals surface area (Å²) in [6, 6.07) is 0. The van der Waals surface area contributed by atoms with Crippen molar-refractivity contribution in [3.63, 3.8) is 0 Å². The lowest BCUT2D eigenvalue weighted by Gasteiger charge is -2.07. The molecule has 0 saturated carbocycles. The van der Waals surface area contributed by atoms with Gasteiger partial charge in [0.25, 0.3) is 0 Å². The molecule has 0 rings (SSSR count). The van der Waals surface area contributed by atoms with E-state index < -0.39 is 0 Å². The highest BCUT2D eigenvalue weighted by molar-refractivity contribution is 5.40. The van der Waals surface area contributed by atoms with Crippen LogP contribution in [0.1, 0.15) is 13.8 Å². The topological polar surface area (TPSA) is 12.0 Å². The normalized spacial score (nSPS) is 9.58. The van der Waals surface area contributed by atoms with Crippen molar-refractivity contribution < 1.29 is 0 Å². The van der Waals surface area contributed by atoms with Gasteiger partial charge in [0.2, 0.25) is 0 Å². The highest BCUT2D eigenvalue weighted by atomic mass is 14.8. The number of hydrogen-bond donors (Lipinski definition) is 1. The van der Waals surface area contributed by atoms with E-state index in [9.17, 15) is 0 Å². The van der Waals surface area contributed by atoms with Crippen LogP contribution in [0.2, 0.25) is 0 Å². The fourth-order valence-electron chi connectivity index (χ4n) is 0.868. The van der Waals surface area contributed by atoms with Gasteiger partial charge >= 0.3 is 0 Å². The smallest absolute Gasteiger partial charge is 0.0337 e. The van der Waals surface area contributed by atoms with Gasteiger partial charge in [-0.3, -0.25) is 0 Å². The summed E-state index contributed by atoms with van der Waals surface area (Å²) in [6.07, 6.45) is 5.66. The van der Waals surface area contributed by atoms with Gasteiger partial charge in [0, 0.05) is 12.7 Å². The van der Waals surface area contributed by atoms with E-state index in [0.717, 1.165) is 11.3 Å². The van der Waals surface area contributed by atoms with Crippen molar-refractivity contribution in [2.75, 3.05) is 7.05 Å². The third kappa shape index (κ3) is 3.24. The molecule has 0 unspecified atom stereocenters. The second-order valence-corrected chi connectivity index (χ2v) is 2.74. The Balaban J connectivity index is 4.70. The fourth-order valence-corrected chi connectivity index (χ4v) is 0.868. The van der Waals surface area contributed by atoms with Gasteiger partial charge < -0.3 is 5.32 Å². The Kier molecular flexibility index (Phi) is 4.86. The van der Waals surface area contributed by atoms with E-state index in [1.807, 2.05) is 19.2 Å². The van der Waals surface area contributed by atoms with Gasteiger partial charge in [-0.15, -0.1) is 0 Å². The minimum Gasteiger partial charge on any atom is -0.388 e. The van der Waals surface area contributed by atoms with Crippen LogP contribution < -0.4 is 5.32 Å². The lowest BCUT2D eigenvalue weighted by Crippen LogP contribution is -2.06. The molecule has 0 aromatic heterocycles. The van der Waals surface area contributed by atoms with Gasteiger partial charge in [-0.25, -0.2) is 0 Å². The second-order valence-electron chi connectivity index (χ2n) is 2.74. The van der Waals surface area contributed by atoms with E-state index in [-0.39, 0.29) is 0 Å². The molecule has 0 amide bonds. The zero-order chi connectivity index (χ0) is 9.56. The summed E-state index contributed by atoms with van der Waals surface area (Å²) >= 11 is 0. The molecule has 12 heavy (non-hydrogen) atoms. The molecule has 0 radical (unpaired) electrons. The SMILES string of the molecule is C=C/C=C\C(C(=C)NC)=C(C)C. The van der Waals surface area contributed by atoms with E-state index in [0.29, 0.717) is 0 Å². The van der Waals surface area contributed by atoms with Gasteiger partial charge in [0.15, 0.2) is 0 Å². The molecule has 66 valence electrons. The third-order valence-corrected chi connectivity index (χ3v) is 1.56. The standard InChI is InChI=1S/C11H17N/c1-6-7-8-11(9(2)3)10(4)12-5/h6-8,12H,1,4H2,2-3,5H3/b8-7-. The van der Waals surface area contributed by atoms with Gasteiger partial charge in [-0.05, 0) is 19.4 Å². The number of likely N-dealkylation sites (N-methyl/N-ethyl adjacent to an activating group) is 1. The number of rotatable bonds is 4. The quantitative estimate of drug-likeness (QED) is 0.628. The van der Waals surface area contributed by atoms with Crippen LogP contribution in [-0.2, 0) is 0 Å². The molecule has 0 aromatic carbocycles. The van der Waals surface area contributed by atoms with Gasteiger partial charge in [-0.1, -0.05) is 37.0 Å². The molecule has 1 nitrogen and oxygen atoms in total. The molecule has 1 N–H and O–H groups in total. The molecule has 0 aliphatic carbocycles. The maximum Gasteiger partial charge on any atom is 0.0337 e. The minimum absolute atomic E-state index is 0.938. The molecule has 0 heterocycles. The van der Waals surface area contributed by atoms with E-state index in [2.05, 4.69) is 32.3 Å². The summed E-state index contributed by atoms with van der Waals surface area (Å²) < 4.78 is 0. The number of nitrogens with one attached hydrogen (secondary N) is 1. The summed E-state index contributed by atoms with van der Waals surface area (Å²) in [4.78, 5) is 0. The van der Waals surface area contributed by atoms with Crippen LogP contribution in [0.5, 0.6) is 0 Å². The molecule has 0 bridgehead atoms. The van der Waals surface area contributed by atoms with Crippen LogP contribution in [0, 0.1) is 0 Å². The van der Waals surface area contributed by atoms with E-state index in [1.165, 1.54) is 5.57 Å². The first kappa shape index (κ1) is 10.8. The van der Waals surface area contributed by atoms with E-state index in [4.69, 9.17) is 0 Å². The predicted octanol–water partition coefficient (Wildman–Crippen LogP) is 2.80. The Bertz CT molecular complexity index is 227. The van der Waals surface area contributed by atoms with Crippen LogP contribution in [-0.4, -0.2) is 7.05 Å². The Labute approximate surface area is 75.2 Å². The van der Waals surface area contributed by atoms with Crippen molar-refractivity contribution in [1.29, 1.82) is 0 Å². The lowest BCUT2D eigenvalue weighted by atomic mass is 10.1. The van der Waals surface area contributed by atoms with Gasteiger partial charge in [-0.2, -0.15) is 0 Å². The minimum atomic E-state index is 0.938. The third-order valence-electron chi connectivity index (χ3n) is 1.56. The highest BCUT2D eigenvalue weighted by Crippen LogP contribution is 2.11. The average molecular weight is 163 g/mol. The summed E-state index contributed by atoms with van der Waals surface area (Å²) in [5, 5.41) is 3.02. The maximum atomic E-state index is 3.89. The average Bonchev–Trinajstić information content (AvgIpc) is 2.04. The molecule has 0 aliphatic heterocycles. The maximum absolute atomic E-state index is 3.89. The Morgan fingerprint density at radius 2 is 1.92 bits per heavy atom. The molecule has 0 aromatic rings. The Morgan fingerprint density at radius 3 is 2.25 bits per heavy atom. The largest absolute Gasteiger partial charge is 0.388 e. The van der Waals surface area contributed by atoms with E-state index in [1.54, 1.807) is 6.08 Å². The van der Waals surface area contributed by atoms with Crippen LogP contribution in [0.25, 0.3) is 0 Å². The first-order valence-corrected chi connectivity index (χ1v) is 3.97. The van der Waals surface area contributed by atoms with E-state index >= 15 is 0 Å². The van der Waals surface area contributed by atoms with Crippen molar-refractivity contribution in [2.45, 2.75) is 13.8 Å². The zero-order valence-electron chi connectivity index (χ0n) is 8.15. The number of hydrogen-bond acceptors (Lipinski definition) is 1. The second kappa shape index (κ2) is 5.42. The van der Waals surface area contributed by atoms with Crippen LogP contribution in [0.4, 0.5) is 0 Å². The summed E-state index contributed by atoms with van der Waals surface area (Å²) in [7, 11) is 1.87. The summed E-state index contributed by atoms with van der Waals surface area (Å²) in [6.45, 7) is 11.6. The molecule has 0 saturated heterocycles. The highest BCUT2D eigenvalue weighted by Gasteiger charge is 1.97. The molecular formula is C11H17N. The van der Waals surface area contributed by atoms with Crippen molar-refractivity contribution in [1.82, 2.24) is 5.32 Å². The van der Waals surface area contributed by atoms with Crippen LogP contribution in [0.3, 0.4) is 0 Å². The zero-order valence-corrected chi connectivity index (χ0v) is 8.15. The van der Waals surface area contributed by atoms with Crippen LogP contribution in [0.15, 0.2) is 48.2 Å². The fraction of sp³-hybridized carbons (Fsp3) is 0.273.